The highest BCUT2D eigenvalue weighted by molar-refractivity contribution is 7.80. The van der Waals surface area contributed by atoms with Crippen molar-refractivity contribution in [3.05, 3.63) is 58.7 Å². The molecule has 2 aromatic carbocycles. The van der Waals surface area contributed by atoms with Crippen LogP contribution in [0.2, 0.25) is 0 Å². The number of ether oxygens (including phenoxy) is 2. The average Bonchev–Trinajstić information content (AvgIpc) is 2.63. The molecule has 2 N–H and O–H groups in total. The fourth-order valence-electron chi connectivity index (χ4n) is 2.45. The van der Waals surface area contributed by atoms with Gasteiger partial charge in [0.05, 0.1) is 18.7 Å². The Morgan fingerprint density at radius 1 is 1.07 bits per heavy atom. The number of carbonyl (C=O) groups is 1. The van der Waals surface area contributed by atoms with E-state index >= 15 is 0 Å². The predicted octanol–water partition coefficient (Wildman–Crippen LogP) is 4.15. The van der Waals surface area contributed by atoms with Gasteiger partial charge in [-0.2, -0.15) is 0 Å². The molecule has 1 unspecified atom stereocenters. The zero-order chi connectivity index (χ0) is 20.0. The molecule has 2 aromatic rings. The summed E-state index contributed by atoms with van der Waals surface area (Å²) < 4.78 is 10.6. The monoisotopic (exact) mass is 386 g/mol. The first-order valence-corrected chi connectivity index (χ1v) is 9.17. The molecule has 0 aliphatic carbocycles. The van der Waals surface area contributed by atoms with Gasteiger partial charge < -0.3 is 20.1 Å². The Labute approximate surface area is 166 Å². The van der Waals surface area contributed by atoms with Crippen LogP contribution >= 0.6 is 12.2 Å². The smallest absolute Gasteiger partial charge is 0.337 e. The second-order valence-electron chi connectivity index (χ2n) is 6.58. The van der Waals surface area contributed by atoms with Gasteiger partial charge in [0.15, 0.2) is 5.11 Å². The number of esters is 1. The van der Waals surface area contributed by atoms with E-state index in [2.05, 4.69) is 24.5 Å². The largest absolute Gasteiger partial charge is 0.491 e. The van der Waals surface area contributed by atoms with Crippen molar-refractivity contribution in [3.8, 4) is 5.75 Å². The molecule has 0 amide bonds. The number of thiocarbonyl (C=S) groups is 1. The van der Waals surface area contributed by atoms with Crippen LogP contribution in [-0.2, 0) is 4.74 Å². The maximum Gasteiger partial charge on any atom is 0.337 e. The molecule has 0 spiro atoms. The Hall–Kier alpha value is -2.60. The first kappa shape index (κ1) is 20.7. The van der Waals surface area contributed by atoms with Crippen LogP contribution in [0.1, 0.15) is 34.0 Å². The third-order valence-corrected chi connectivity index (χ3v) is 4.48. The molecule has 1 atom stereocenters. The second-order valence-corrected chi connectivity index (χ2v) is 6.99. The topological polar surface area (TPSA) is 59.6 Å². The summed E-state index contributed by atoms with van der Waals surface area (Å²) >= 11 is 5.38. The minimum atomic E-state index is -0.382. The van der Waals surface area contributed by atoms with Crippen molar-refractivity contribution in [2.24, 2.45) is 0 Å². The van der Waals surface area contributed by atoms with Crippen LogP contribution in [0.15, 0.2) is 36.4 Å². The van der Waals surface area contributed by atoms with E-state index in [1.54, 1.807) is 12.1 Å². The van der Waals surface area contributed by atoms with Crippen molar-refractivity contribution in [1.82, 2.24) is 5.32 Å². The number of benzene rings is 2. The van der Waals surface area contributed by atoms with Crippen molar-refractivity contribution < 1.29 is 14.3 Å². The van der Waals surface area contributed by atoms with Gasteiger partial charge in [0.25, 0.3) is 0 Å². The predicted molar refractivity (Wildman–Crippen MR) is 113 cm³/mol. The molecule has 5 nitrogen and oxygen atoms in total. The molecule has 0 saturated heterocycles. The summed E-state index contributed by atoms with van der Waals surface area (Å²) in [6.45, 7) is 8.55. The van der Waals surface area contributed by atoms with E-state index < -0.39 is 0 Å². The number of carbonyl (C=O) groups excluding carboxylic acids is 1. The van der Waals surface area contributed by atoms with Crippen LogP contribution in [0.4, 0.5) is 5.69 Å². The number of nitrogens with one attached hydrogen (secondary N) is 2. The number of aryl methyl sites for hydroxylation is 3. The maximum absolute atomic E-state index is 11.7. The molecule has 2 rings (SSSR count). The molecular weight excluding hydrogens is 360 g/mol. The highest BCUT2D eigenvalue weighted by Crippen LogP contribution is 2.18. The van der Waals surface area contributed by atoms with Gasteiger partial charge in [-0.1, -0.05) is 12.1 Å². The Kier molecular flexibility index (Phi) is 7.19. The van der Waals surface area contributed by atoms with E-state index in [1.807, 2.05) is 38.1 Å². The highest BCUT2D eigenvalue weighted by atomic mass is 32.1. The normalized spacial score (nSPS) is 11.4. The summed E-state index contributed by atoms with van der Waals surface area (Å²) in [4.78, 5) is 11.7. The lowest BCUT2D eigenvalue weighted by molar-refractivity contribution is 0.0601. The van der Waals surface area contributed by atoms with Crippen LogP contribution in [0.25, 0.3) is 0 Å². The molecule has 0 heterocycles. The fraction of sp³-hybridized carbons (Fsp3) is 0.333. The van der Waals surface area contributed by atoms with Gasteiger partial charge in [0.2, 0.25) is 0 Å². The molecule has 144 valence electrons. The molecule has 0 aliphatic rings. The SMILES string of the molecule is COC(=O)c1ccc(C)c(NC(=S)NC(C)COc2ccc(C)c(C)c2)c1. The van der Waals surface area contributed by atoms with E-state index in [4.69, 9.17) is 21.7 Å². The van der Waals surface area contributed by atoms with Crippen molar-refractivity contribution in [3.63, 3.8) is 0 Å². The van der Waals surface area contributed by atoms with Gasteiger partial charge in [-0.25, -0.2) is 4.79 Å². The van der Waals surface area contributed by atoms with E-state index in [-0.39, 0.29) is 12.0 Å². The van der Waals surface area contributed by atoms with Crippen LogP contribution in [0.3, 0.4) is 0 Å². The van der Waals surface area contributed by atoms with Gasteiger partial charge in [-0.15, -0.1) is 0 Å². The lowest BCUT2D eigenvalue weighted by Crippen LogP contribution is -2.39. The Balaban J connectivity index is 1.91. The van der Waals surface area contributed by atoms with Gasteiger partial charge in [0, 0.05) is 5.69 Å². The third kappa shape index (κ3) is 5.96. The van der Waals surface area contributed by atoms with Gasteiger partial charge in [-0.05, 0) is 80.9 Å². The molecule has 27 heavy (non-hydrogen) atoms. The van der Waals surface area contributed by atoms with Crippen LogP contribution in [0, 0.1) is 20.8 Å². The summed E-state index contributed by atoms with van der Waals surface area (Å²) in [7, 11) is 1.36. The van der Waals surface area contributed by atoms with Crippen LogP contribution in [0.5, 0.6) is 5.75 Å². The van der Waals surface area contributed by atoms with Crippen LogP contribution in [-0.4, -0.2) is 30.8 Å². The minimum Gasteiger partial charge on any atom is -0.491 e. The lowest BCUT2D eigenvalue weighted by atomic mass is 10.1. The first-order valence-electron chi connectivity index (χ1n) is 8.76. The van der Waals surface area contributed by atoms with Crippen molar-refractivity contribution >= 4 is 29.0 Å². The van der Waals surface area contributed by atoms with Gasteiger partial charge in [-0.3, -0.25) is 0 Å². The summed E-state index contributed by atoms with van der Waals surface area (Å²) in [6.07, 6.45) is 0. The standard InChI is InChI=1S/C21H26N2O3S/c1-13-7-9-18(10-15(13)3)26-12-16(4)22-21(27)23-19-11-17(20(24)25-5)8-6-14(19)2/h6-11,16H,12H2,1-5H3,(H2,22,23,27). The lowest BCUT2D eigenvalue weighted by Gasteiger charge is -2.19. The van der Waals surface area contributed by atoms with Crippen LogP contribution < -0.4 is 15.4 Å². The number of methoxy groups -OCH3 is 1. The van der Waals surface area contributed by atoms with Gasteiger partial charge in [0.1, 0.15) is 12.4 Å². The fourth-order valence-corrected chi connectivity index (χ4v) is 2.76. The van der Waals surface area contributed by atoms with Crippen molar-refractivity contribution in [2.45, 2.75) is 33.7 Å². The summed E-state index contributed by atoms with van der Waals surface area (Å²) in [5.41, 5.74) is 4.65. The quantitative estimate of drug-likeness (QED) is 0.574. The van der Waals surface area contributed by atoms with Crippen molar-refractivity contribution in [2.75, 3.05) is 19.0 Å². The molecule has 0 aromatic heterocycles. The molecule has 0 bridgehead atoms. The first-order chi connectivity index (χ1) is 12.8. The number of hydrogen-bond acceptors (Lipinski definition) is 4. The summed E-state index contributed by atoms with van der Waals surface area (Å²) in [6, 6.07) is 11.4. The van der Waals surface area contributed by atoms with E-state index in [1.165, 1.54) is 18.2 Å². The van der Waals surface area contributed by atoms with E-state index in [0.29, 0.717) is 17.3 Å². The van der Waals surface area contributed by atoms with Crippen molar-refractivity contribution in [1.29, 1.82) is 0 Å². The maximum atomic E-state index is 11.7. The van der Waals surface area contributed by atoms with E-state index in [0.717, 1.165) is 17.0 Å². The second kappa shape index (κ2) is 9.37. The molecule has 0 radical (unpaired) electrons. The summed E-state index contributed by atoms with van der Waals surface area (Å²) in [5.74, 6) is 0.458. The Morgan fingerprint density at radius 3 is 2.44 bits per heavy atom. The number of rotatable bonds is 6. The minimum absolute atomic E-state index is 0.00991. The molecule has 0 aliphatic heterocycles. The highest BCUT2D eigenvalue weighted by Gasteiger charge is 2.11. The number of anilines is 1. The zero-order valence-corrected chi connectivity index (χ0v) is 17.2. The Morgan fingerprint density at radius 2 is 1.78 bits per heavy atom. The average molecular weight is 387 g/mol. The third-order valence-electron chi connectivity index (χ3n) is 4.26. The molecule has 0 fully saturated rings. The molecule has 6 heteroatoms. The van der Waals surface area contributed by atoms with E-state index in [9.17, 15) is 4.79 Å². The van der Waals surface area contributed by atoms with Gasteiger partial charge >= 0.3 is 5.97 Å². The molecular formula is C21H26N2O3S. The summed E-state index contributed by atoms with van der Waals surface area (Å²) in [5, 5.41) is 6.79. The Bertz CT molecular complexity index is 836. The molecule has 0 saturated carbocycles. The zero-order valence-electron chi connectivity index (χ0n) is 16.4. The number of hydrogen-bond donors (Lipinski definition) is 2.